The van der Waals surface area contributed by atoms with E-state index in [1.165, 1.54) is 0 Å². The minimum atomic E-state index is -0.386. The van der Waals surface area contributed by atoms with Crippen LogP contribution in [0.1, 0.15) is 23.1 Å². The van der Waals surface area contributed by atoms with E-state index >= 15 is 0 Å². The lowest BCUT2D eigenvalue weighted by atomic mass is 10.3. The van der Waals surface area contributed by atoms with Crippen molar-refractivity contribution < 1.29 is 9.53 Å². The fourth-order valence-corrected chi connectivity index (χ4v) is 1.51. The number of hydrogen-bond donors (Lipinski definition) is 0. The zero-order valence-electron chi connectivity index (χ0n) is 8.73. The molecule has 0 amide bonds. The van der Waals surface area contributed by atoms with Gasteiger partial charge in [-0.1, -0.05) is 6.07 Å². The van der Waals surface area contributed by atoms with Gasteiger partial charge in [-0.05, 0) is 25.5 Å². The second-order valence-electron chi connectivity index (χ2n) is 3.25. The minimum absolute atomic E-state index is 0.329. The molecule has 15 heavy (non-hydrogen) atoms. The van der Waals surface area contributed by atoms with Gasteiger partial charge >= 0.3 is 5.97 Å². The predicted molar refractivity (Wildman–Crippen MR) is 55.9 cm³/mol. The number of fused-ring (bicyclic) bond motifs is 1. The van der Waals surface area contributed by atoms with Gasteiger partial charge in [-0.25, -0.2) is 9.78 Å². The largest absolute Gasteiger partial charge is 0.460 e. The highest BCUT2D eigenvalue weighted by atomic mass is 16.5. The number of aromatic nitrogens is 2. The van der Waals surface area contributed by atoms with Crippen molar-refractivity contribution in [1.82, 2.24) is 9.38 Å². The first-order valence-corrected chi connectivity index (χ1v) is 4.84. The molecular weight excluding hydrogens is 192 g/mol. The van der Waals surface area contributed by atoms with Crippen LogP contribution in [0.4, 0.5) is 0 Å². The maximum absolute atomic E-state index is 11.5. The maximum Gasteiger partial charge on any atom is 0.374 e. The molecule has 0 aromatic carbocycles. The third-order valence-corrected chi connectivity index (χ3v) is 2.24. The summed E-state index contributed by atoms with van der Waals surface area (Å²) in [5.74, 6) is -0.0568. The lowest BCUT2D eigenvalue weighted by Gasteiger charge is -2.01. The number of carbonyl (C=O) groups is 1. The first kappa shape index (κ1) is 9.71. The van der Waals surface area contributed by atoms with Gasteiger partial charge in [0, 0.05) is 6.20 Å². The molecular formula is C11H12N2O2. The maximum atomic E-state index is 11.5. The number of aryl methyl sites for hydroxylation is 1. The number of carbonyl (C=O) groups excluding carboxylic acids is 1. The molecule has 0 fully saturated rings. The van der Waals surface area contributed by atoms with Gasteiger partial charge in [-0.3, -0.25) is 4.40 Å². The molecule has 78 valence electrons. The molecule has 0 aliphatic rings. The first-order valence-electron chi connectivity index (χ1n) is 4.84. The fourth-order valence-electron chi connectivity index (χ4n) is 1.51. The van der Waals surface area contributed by atoms with Crippen LogP contribution < -0.4 is 0 Å². The zero-order valence-corrected chi connectivity index (χ0v) is 8.73. The summed E-state index contributed by atoms with van der Waals surface area (Å²) in [5.41, 5.74) is 2.01. The van der Waals surface area contributed by atoms with Crippen LogP contribution >= 0.6 is 0 Å². The van der Waals surface area contributed by atoms with Crippen LogP contribution in [0.15, 0.2) is 24.5 Å². The molecule has 0 unspecified atom stereocenters. The Labute approximate surface area is 87.5 Å². The molecule has 0 saturated carbocycles. The van der Waals surface area contributed by atoms with Crippen molar-refractivity contribution in [3.8, 4) is 0 Å². The van der Waals surface area contributed by atoms with Crippen molar-refractivity contribution in [1.29, 1.82) is 0 Å². The highest BCUT2D eigenvalue weighted by Crippen LogP contribution is 2.12. The number of imidazole rings is 1. The SMILES string of the molecule is CCOC(=O)c1ncc2c(C)cccn12. The Morgan fingerprint density at radius 1 is 1.60 bits per heavy atom. The Kier molecular flexibility index (Phi) is 2.41. The Morgan fingerprint density at radius 3 is 3.13 bits per heavy atom. The number of esters is 1. The summed E-state index contributed by atoms with van der Waals surface area (Å²) in [5, 5.41) is 0. The molecule has 2 heterocycles. The molecule has 0 bridgehead atoms. The highest BCUT2D eigenvalue weighted by molar-refractivity contribution is 5.87. The fraction of sp³-hybridized carbons (Fsp3) is 0.273. The zero-order chi connectivity index (χ0) is 10.8. The molecule has 0 N–H and O–H groups in total. The lowest BCUT2D eigenvalue weighted by Crippen LogP contribution is -2.09. The van der Waals surface area contributed by atoms with Crippen LogP contribution in [0, 0.1) is 6.92 Å². The molecule has 0 radical (unpaired) electrons. The molecule has 2 rings (SSSR count). The predicted octanol–water partition coefficient (Wildman–Crippen LogP) is 1.82. The van der Waals surface area contributed by atoms with E-state index in [1.807, 2.05) is 25.3 Å². The van der Waals surface area contributed by atoms with Gasteiger partial charge < -0.3 is 4.74 Å². The van der Waals surface area contributed by atoms with Gasteiger partial charge in [0.1, 0.15) is 0 Å². The quantitative estimate of drug-likeness (QED) is 0.701. The van der Waals surface area contributed by atoms with Crippen molar-refractivity contribution in [3.63, 3.8) is 0 Å². The summed E-state index contributed by atoms with van der Waals surface area (Å²) in [6.07, 6.45) is 3.49. The second kappa shape index (κ2) is 3.73. The van der Waals surface area contributed by atoms with Crippen LogP contribution in [-0.2, 0) is 4.74 Å². The minimum Gasteiger partial charge on any atom is -0.460 e. The van der Waals surface area contributed by atoms with Crippen LogP contribution in [0.3, 0.4) is 0 Å². The summed E-state index contributed by atoms with van der Waals surface area (Å²) >= 11 is 0. The molecule has 0 aliphatic carbocycles. The molecule has 4 heteroatoms. The van der Waals surface area contributed by atoms with Crippen LogP contribution in [-0.4, -0.2) is 22.0 Å². The van der Waals surface area contributed by atoms with E-state index in [0.717, 1.165) is 11.1 Å². The van der Waals surface area contributed by atoms with Gasteiger partial charge in [0.25, 0.3) is 0 Å². The summed E-state index contributed by atoms with van der Waals surface area (Å²) in [6.45, 7) is 4.12. The molecule has 2 aromatic heterocycles. The van der Waals surface area contributed by atoms with Gasteiger partial charge in [0.05, 0.1) is 18.3 Å². The molecule has 0 aliphatic heterocycles. The third kappa shape index (κ3) is 1.58. The topological polar surface area (TPSA) is 43.6 Å². The average molecular weight is 204 g/mol. The second-order valence-corrected chi connectivity index (χ2v) is 3.25. The number of nitrogens with zero attached hydrogens (tertiary/aromatic N) is 2. The van der Waals surface area contributed by atoms with E-state index in [9.17, 15) is 4.79 Å². The first-order chi connectivity index (χ1) is 7.24. The van der Waals surface area contributed by atoms with Gasteiger partial charge in [-0.2, -0.15) is 0 Å². The normalized spacial score (nSPS) is 10.5. The monoisotopic (exact) mass is 204 g/mol. The lowest BCUT2D eigenvalue weighted by molar-refractivity contribution is 0.0511. The van der Waals surface area contributed by atoms with E-state index in [2.05, 4.69) is 4.98 Å². The van der Waals surface area contributed by atoms with E-state index in [1.54, 1.807) is 17.5 Å². The summed E-state index contributed by atoms with van der Waals surface area (Å²) in [7, 11) is 0. The van der Waals surface area contributed by atoms with Crippen molar-refractivity contribution in [2.45, 2.75) is 13.8 Å². The summed E-state index contributed by atoms with van der Waals surface area (Å²) in [4.78, 5) is 15.6. The van der Waals surface area contributed by atoms with E-state index in [4.69, 9.17) is 4.74 Å². The number of ether oxygens (including phenoxy) is 1. The summed E-state index contributed by atoms with van der Waals surface area (Å²) < 4.78 is 6.66. The summed E-state index contributed by atoms with van der Waals surface area (Å²) in [6, 6.07) is 3.86. The highest BCUT2D eigenvalue weighted by Gasteiger charge is 2.13. The van der Waals surface area contributed by atoms with Crippen LogP contribution in [0.25, 0.3) is 5.52 Å². The van der Waals surface area contributed by atoms with E-state index < -0.39 is 0 Å². The number of rotatable bonds is 2. The van der Waals surface area contributed by atoms with Crippen molar-refractivity contribution in [3.05, 3.63) is 35.9 Å². The van der Waals surface area contributed by atoms with Crippen molar-refractivity contribution in [2.75, 3.05) is 6.61 Å². The van der Waals surface area contributed by atoms with Gasteiger partial charge in [0.15, 0.2) is 0 Å². The van der Waals surface area contributed by atoms with E-state index in [-0.39, 0.29) is 5.97 Å². The molecule has 0 atom stereocenters. The van der Waals surface area contributed by atoms with Crippen molar-refractivity contribution in [2.24, 2.45) is 0 Å². The Balaban J connectivity index is 2.54. The van der Waals surface area contributed by atoms with E-state index in [0.29, 0.717) is 12.4 Å². The molecule has 4 nitrogen and oxygen atoms in total. The smallest absolute Gasteiger partial charge is 0.374 e. The Hall–Kier alpha value is -1.84. The standard InChI is InChI=1S/C11H12N2O2/c1-3-15-11(14)10-12-7-9-8(2)5-4-6-13(9)10/h4-7H,3H2,1-2H3. The average Bonchev–Trinajstić information content (AvgIpc) is 2.63. The van der Waals surface area contributed by atoms with Gasteiger partial charge in [-0.15, -0.1) is 0 Å². The van der Waals surface area contributed by atoms with Crippen LogP contribution in [0.5, 0.6) is 0 Å². The van der Waals surface area contributed by atoms with Crippen molar-refractivity contribution >= 4 is 11.5 Å². The Bertz CT molecular complexity index is 502. The number of pyridine rings is 1. The third-order valence-electron chi connectivity index (χ3n) is 2.24. The number of hydrogen-bond acceptors (Lipinski definition) is 3. The molecule has 0 spiro atoms. The van der Waals surface area contributed by atoms with Gasteiger partial charge in [0.2, 0.25) is 5.82 Å². The Morgan fingerprint density at radius 2 is 2.40 bits per heavy atom. The van der Waals surface area contributed by atoms with Crippen LogP contribution in [0.2, 0.25) is 0 Å². The molecule has 0 saturated heterocycles. The molecule has 2 aromatic rings.